The summed E-state index contributed by atoms with van der Waals surface area (Å²) in [6, 6.07) is 82.4. The highest BCUT2D eigenvalue weighted by molar-refractivity contribution is 6.25. The molecule has 0 aliphatic heterocycles. The zero-order chi connectivity index (χ0) is 44.7. The summed E-state index contributed by atoms with van der Waals surface area (Å²) in [5, 5.41) is 17.4. The summed E-state index contributed by atoms with van der Waals surface area (Å²) >= 11 is 0. The second kappa shape index (κ2) is 15.2. The fourth-order valence-electron chi connectivity index (χ4n) is 10.7. The molecule has 0 aliphatic carbocycles. The maximum absolute atomic E-state index is 5.43. The lowest BCUT2D eigenvalue weighted by Crippen LogP contribution is -2.01. The molecule has 0 aliphatic rings. The number of fused-ring (bicyclic) bond motifs is 12. The van der Waals surface area contributed by atoms with Gasteiger partial charge in [-0.1, -0.05) is 194 Å². The highest BCUT2D eigenvalue weighted by Gasteiger charge is 2.21. The standard InChI is InChI=1S/C64H38N4/c1-2-17-40-34-44(33-32-39(40)16-1)61-58-38-55(52-28-11-12-29-53(52)60(58)54-30-13-14-31-59(54)65-61)41-20-15-21-45(35-41)62-66-63(56-36-42-18-3-5-22-46(42)48-24-7-9-26-50(48)56)68-64(67-62)57-37-43-19-4-6-23-47(43)49-25-8-10-27-51(49)57/h1-38H. The van der Waals surface area contributed by atoms with Crippen molar-refractivity contribution in [2.24, 2.45) is 0 Å². The Morgan fingerprint density at radius 1 is 0.221 bits per heavy atom. The Morgan fingerprint density at radius 3 is 1.35 bits per heavy atom. The monoisotopic (exact) mass is 862 g/mol. The Bertz CT molecular complexity index is 4260. The molecular weight excluding hydrogens is 825 g/mol. The summed E-state index contributed by atoms with van der Waals surface area (Å²) in [4.78, 5) is 21.7. The zero-order valence-corrected chi connectivity index (χ0v) is 36.7. The highest BCUT2D eigenvalue weighted by atomic mass is 15.0. The fraction of sp³-hybridized carbons (Fsp3) is 0. The molecule has 68 heavy (non-hydrogen) atoms. The largest absolute Gasteiger partial charge is 0.247 e. The molecule has 2 heterocycles. The molecule has 314 valence electrons. The molecule has 4 heteroatoms. The topological polar surface area (TPSA) is 51.6 Å². The minimum atomic E-state index is 0.607. The van der Waals surface area contributed by atoms with Gasteiger partial charge in [-0.3, -0.25) is 0 Å². The van der Waals surface area contributed by atoms with Crippen LogP contribution in [0.1, 0.15) is 0 Å². The van der Waals surface area contributed by atoms with E-state index in [-0.39, 0.29) is 0 Å². The molecule has 0 spiro atoms. The minimum Gasteiger partial charge on any atom is -0.247 e. The van der Waals surface area contributed by atoms with Gasteiger partial charge in [0, 0.05) is 38.4 Å². The molecule has 12 aromatic carbocycles. The highest BCUT2D eigenvalue weighted by Crippen LogP contribution is 2.44. The van der Waals surface area contributed by atoms with E-state index in [2.05, 4.69) is 231 Å². The van der Waals surface area contributed by atoms with Gasteiger partial charge in [0.05, 0.1) is 11.2 Å². The minimum absolute atomic E-state index is 0.607. The molecule has 14 aromatic rings. The van der Waals surface area contributed by atoms with Crippen molar-refractivity contribution in [3.8, 4) is 56.5 Å². The number of hydrogen-bond acceptors (Lipinski definition) is 4. The van der Waals surface area contributed by atoms with Gasteiger partial charge in [0.25, 0.3) is 0 Å². The van der Waals surface area contributed by atoms with E-state index in [0.717, 1.165) is 87.7 Å². The summed E-state index contributed by atoms with van der Waals surface area (Å²) < 4.78 is 0. The van der Waals surface area contributed by atoms with Gasteiger partial charge in [0.1, 0.15) is 0 Å². The van der Waals surface area contributed by atoms with Crippen LogP contribution in [0.2, 0.25) is 0 Å². The quantitative estimate of drug-likeness (QED) is 0.162. The molecule has 0 N–H and O–H groups in total. The van der Waals surface area contributed by atoms with Crippen molar-refractivity contribution < 1.29 is 0 Å². The molecule has 0 atom stereocenters. The van der Waals surface area contributed by atoms with Crippen LogP contribution in [0.5, 0.6) is 0 Å². The van der Waals surface area contributed by atoms with Crippen LogP contribution in [0.4, 0.5) is 0 Å². The summed E-state index contributed by atoms with van der Waals surface area (Å²) in [6.07, 6.45) is 0. The number of para-hydroxylation sites is 1. The van der Waals surface area contributed by atoms with Crippen LogP contribution in [-0.2, 0) is 0 Å². The first-order valence-corrected chi connectivity index (χ1v) is 23.1. The van der Waals surface area contributed by atoms with Crippen molar-refractivity contribution in [3.05, 3.63) is 231 Å². The van der Waals surface area contributed by atoms with Crippen LogP contribution in [0, 0.1) is 0 Å². The van der Waals surface area contributed by atoms with Crippen LogP contribution >= 0.6 is 0 Å². The lowest BCUT2D eigenvalue weighted by Gasteiger charge is -2.17. The smallest absolute Gasteiger partial charge is 0.164 e. The predicted molar refractivity (Wildman–Crippen MR) is 285 cm³/mol. The SMILES string of the molecule is c1cc(-c2nc(-c3cc4ccccc4c4ccccc34)nc(-c3cc4ccccc4c4ccccc34)n2)cc(-c2cc3c(-c4ccc5ccccc5c4)nc4ccccc4c3c3ccccc23)c1. The molecule has 14 rings (SSSR count). The molecule has 0 saturated carbocycles. The van der Waals surface area contributed by atoms with Crippen LogP contribution < -0.4 is 0 Å². The Balaban J connectivity index is 1.03. The number of nitrogens with zero attached hydrogens (tertiary/aromatic N) is 4. The number of aromatic nitrogens is 4. The van der Waals surface area contributed by atoms with Gasteiger partial charge in [-0.15, -0.1) is 0 Å². The second-order valence-corrected chi connectivity index (χ2v) is 17.7. The molecule has 0 radical (unpaired) electrons. The van der Waals surface area contributed by atoms with Crippen LogP contribution in [0.15, 0.2) is 231 Å². The maximum atomic E-state index is 5.43. The van der Waals surface area contributed by atoms with Gasteiger partial charge in [-0.25, -0.2) is 19.9 Å². The average Bonchev–Trinajstić information content (AvgIpc) is 3.41. The normalized spacial score (nSPS) is 11.8. The third-order valence-corrected chi connectivity index (χ3v) is 13.8. The van der Waals surface area contributed by atoms with Crippen molar-refractivity contribution in [2.75, 3.05) is 0 Å². The number of rotatable bonds is 5. The van der Waals surface area contributed by atoms with Crippen molar-refractivity contribution in [1.29, 1.82) is 0 Å². The van der Waals surface area contributed by atoms with Crippen molar-refractivity contribution in [1.82, 2.24) is 19.9 Å². The molecule has 0 bridgehead atoms. The van der Waals surface area contributed by atoms with Crippen LogP contribution in [0.3, 0.4) is 0 Å². The number of benzene rings is 12. The van der Waals surface area contributed by atoms with E-state index in [1.807, 2.05) is 0 Å². The van der Waals surface area contributed by atoms with Crippen molar-refractivity contribution in [3.63, 3.8) is 0 Å². The van der Waals surface area contributed by atoms with E-state index in [0.29, 0.717) is 17.5 Å². The molecular formula is C64H38N4. The Kier molecular flexibility index (Phi) is 8.55. The molecule has 2 aromatic heterocycles. The average molecular weight is 863 g/mol. The summed E-state index contributed by atoms with van der Waals surface area (Å²) in [5.41, 5.74) is 8.03. The van der Waals surface area contributed by atoms with E-state index in [1.54, 1.807) is 0 Å². The lowest BCUT2D eigenvalue weighted by atomic mass is 9.89. The van der Waals surface area contributed by atoms with Gasteiger partial charge in [-0.05, 0) is 112 Å². The van der Waals surface area contributed by atoms with Gasteiger partial charge in [-0.2, -0.15) is 0 Å². The second-order valence-electron chi connectivity index (χ2n) is 17.7. The van der Waals surface area contributed by atoms with Crippen molar-refractivity contribution >= 4 is 86.3 Å². The molecule has 0 unspecified atom stereocenters. The van der Waals surface area contributed by atoms with Gasteiger partial charge >= 0.3 is 0 Å². The first kappa shape index (κ1) is 38.2. The summed E-state index contributed by atoms with van der Waals surface area (Å²) in [5.74, 6) is 1.86. The summed E-state index contributed by atoms with van der Waals surface area (Å²) in [6.45, 7) is 0. The van der Waals surface area contributed by atoms with E-state index in [9.17, 15) is 0 Å². The summed E-state index contributed by atoms with van der Waals surface area (Å²) in [7, 11) is 0. The van der Waals surface area contributed by atoms with Gasteiger partial charge in [0.2, 0.25) is 0 Å². The lowest BCUT2D eigenvalue weighted by molar-refractivity contribution is 1.08. The van der Waals surface area contributed by atoms with Crippen molar-refractivity contribution in [2.45, 2.75) is 0 Å². The van der Waals surface area contributed by atoms with E-state index >= 15 is 0 Å². The Labute approximate surface area is 391 Å². The molecule has 0 amide bonds. The third kappa shape index (κ3) is 6.08. The van der Waals surface area contributed by atoms with Gasteiger partial charge < -0.3 is 0 Å². The van der Waals surface area contributed by atoms with E-state index in [1.165, 1.54) is 37.7 Å². The predicted octanol–water partition coefficient (Wildman–Crippen LogP) is 16.8. The Hall–Kier alpha value is -9.12. The number of pyridine rings is 1. The van der Waals surface area contributed by atoms with E-state index < -0.39 is 0 Å². The zero-order valence-electron chi connectivity index (χ0n) is 36.7. The first-order valence-electron chi connectivity index (χ1n) is 23.1. The van der Waals surface area contributed by atoms with Crippen LogP contribution in [-0.4, -0.2) is 19.9 Å². The maximum Gasteiger partial charge on any atom is 0.164 e. The third-order valence-electron chi connectivity index (χ3n) is 13.8. The molecule has 4 nitrogen and oxygen atoms in total. The molecule has 0 fully saturated rings. The first-order chi connectivity index (χ1) is 33.7. The number of hydrogen-bond donors (Lipinski definition) is 0. The van der Waals surface area contributed by atoms with E-state index in [4.69, 9.17) is 19.9 Å². The van der Waals surface area contributed by atoms with Gasteiger partial charge in [0.15, 0.2) is 17.5 Å². The molecule has 0 saturated heterocycles. The fourth-order valence-corrected chi connectivity index (χ4v) is 10.7. The van der Waals surface area contributed by atoms with Crippen LogP contribution in [0.25, 0.3) is 143 Å². The Morgan fingerprint density at radius 2 is 0.706 bits per heavy atom.